The van der Waals surface area contributed by atoms with E-state index in [9.17, 15) is 14.4 Å². The van der Waals surface area contributed by atoms with Crippen molar-refractivity contribution in [1.29, 1.82) is 0 Å². The van der Waals surface area contributed by atoms with Crippen LogP contribution in [0.5, 0.6) is 0 Å². The molecule has 1 aromatic carbocycles. The van der Waals surface area contributed by atoms with Crippen LogP contribution in [-0.4, -0.2) is 45.2 Å². The first-order chi connectivity index (χ1) is 11.4. The summed E-state index contributed by atoms with van der Waals surface area (Å²) in [6.45, 7) is 1.61. The predicted molar refractivity (Wildman–Crippen MR) is 85.9 cm³/mol. The summed E-state index contributed by atoms with van der Waals surface area (Å²) >= 11 is 0. The first-order valence-electron chi connectivity index (χ1n) is 7.48. The predicted octanol–water partition coefficient (Wildman–Crippen LogP) is 1.23. The fraction of sp³-hybridized carbons (Fsp3) is 0.471. The number of methoxy groups -OCH3 is 3. The van der Waals surface area contributed by atoms with Crippen molar-refractivity contribution in [3.05, 3.63) is 35.9 Å². The molecule has 0 unspecified atom stereocenters. The molecule has 1 aromatic rings. The summed E-state index contributed by atoms with van der Waals surface area (Å²) in [6.07, 6.45) is -0.803. The minimum atomic E-state index is -0.974. The number of esters is 2. The van der Waals surface area contributed by atoms with Crippen LogP contribution in [0.4, 0.5) is 0 Å². The van der Waals surface area contributed by atoms with Crippen LogP contribution >= 0.6 is 0 Å². The van der Waals surface area contributed by atoms with Gasteiger partial charge in [0.05, 0.1) is 20.1 Å². The molecular weight excluding hydrogens is 314 g/mol. The Morgan fingerprint density at radius 3 is 2.08 bits per heavy atom. The lowest BCUT2D eigenvalue weighted by Crippen LogP contribution is -2.45. The third-order valence-electron chi connectivity index (χ3n) is 3.57. The molecule has 0 heterocycles. The van der Waals surface area contributed by atoms with Gasteiger partial charge >= 0.3 is 11.9 Å². The highest BCUT2D eigenvalue weighted by atomic mass is 16.5. The Labute approximate surface area is 141 Å². The molecule has 132 valence electrons. The Kier molecular flexibility index (Phi) is 7.91. The quantitative estimate of drug-likeness (QED) is 0.718. The van der Waals surface area contributed by atoms with E-state index in [1.807, 2.05) is 6.07 Å². The summed E-state index contributed by atoms with van der Waals surface area (Å²) in [5.41, 5.74) is 0.655. The van der Waals surface area contributed by atoms with Crippen LogP contribution in [0, 0.1) is 5.92 Å². The van der Waals surface area contributed by atoms with E-state index < -0.39 is 35.9 Å². The number of benzene rings is 1. The normalized spacial score (nSPS) is 14.2. The van der Waals surface area contributed by atoms with Crippen LogP contribution in [0.3, 0.4) is 0 Å². The van der Waals surface area contributed by atoms with Crippen LogP contribution in [-0.2, 0) is 28.6 Å². The molecule has 0 saturated heterocycles. The summed E-state index contributed by atoms with van der Waals surface area (Å²) < 4.78 is 14.6. The van der Waals surface area contributed by atoms with Crippen molar-refractivity contribution in [3.8, 4) is 0 Å². The van der Waals surface area contributed by atoms with Crippen LogP contribution in [0.25, 0.3) is 0 Å². The van der Waals surface area contributed by atoms with Gasteiger partial charge in [0.1, 0.15) is 6.04 Å². The lowest BCUT2D eigenvalue weighted by Gasteiger charge is -2.22. The minimum Gasteiger partial charge on any atom is -0.469 e. The van der Waals surface area contributed by atoms with Crippen LogP contribution < -0.4 is 5.32 Å². The molecular formula is C17H23NO6. The maximum absolute atomic E-state index is 12.5. The Bertz CT molecular complexity index is 559. The van der Waals surface area contributed by atoms with Gasteiger partial charge in [-0.05, 0) is 12.0 Å². The Hall–Kier alpha value is -2.41. The Balaban J connectivity index is 2.86. The second-order valence-electron chi connectivity index (χ2n) is 5.27. The molecule has 0 bridgehead atoms. The van der Waals surface area contributed by atoms with Gasteiger partial charge in [-0.3, -0.25) is 9.59 Å². The molecule has 0 saturated carbocycles. The molecule has 7 nitrogen and oxygen atoms in total. The molecule has 0 aliphatic heterocycles. The van der Waals surface area contributed by atoms with Crippen molar-refractivity contribution >= 4 is 17.8 Å². The smallest absolute Gasteiger partial charge is 0.328 e. The highest BCUT2D eigenvalue weighted by molar-refractivity contribution is 5.88. The van der Waals surface area contributed by atoms with E-state index in [0.29, 0.717) is 5.56 Å². The van der Waals surface area contributed by atoms with Crippen molar-refractivity contribution in [3.63, 3.8) is 0 Å². The lowest BCUT2D eigenvalue weighted by atomic mass is 10.0. The average Bonchev–Trinajstić information content (AvgIpc) is 2.61. The van der Waals surface area contributed by atoms with Gasteiger partial charge in [-0.1, -0.05) is 37.3 Å². The number of ether oxygens (including phenoxy) is 3. The van der Waals surface area contributed by atoms with E-state index in [-0.39, 0.29) is 6.42 Å². The highest BCUT2D eigenvalue weighted by Crippen LogP contribution is 2.17. The number of nitrogens with one attached hydrogen (secondary N) is 1. The first-order valence-corrected chi connectivity index (χ1v) is 7.48. The van der Waals surface area contributed by atoms with Crippen LogP contribution in [0.15, 0.2) is 30.3 Å². The highest BCUT2D eigenvalue weighted by Gasteiger charge is 2.30. The third-order valence-corrected chi connectivity index (χ3v) is 3.57. The molecule has 24 heavy (non-hydrogen) atoms. The largest absolute Gasteiger partial charge is 0.469 e. The van der Waals surface area contributed by atoms with E-state index >= 15 is 0 Å². The monoisotopic (exact) mass is 337 g/mol. The fourth-order valence-corrected chi connectivity index (χ4v) is 2.28. The standard InChI is InChI=1S/C17H23NO6/c1-11(16(20)23-3)10-13(17(21)24-4)18-15(19)14(22-2)12-8-6-5-7-9-12/h5-9,11,13-14H,10H2,1-4H3,(H,18,19)/t11-,13+,14-/m1/s1. The minimum absolute atomic E-state index is 0.0658. The summed E-state index contributed by atoms with van der Waals surface area (Å²) in [7, 11) is 3.89. The number of hydrogen-bond donors (Lipinski definition) is 1. The molecule has 1 N–H and O–H groups in total. The summed E-state index contributed by atoms with van der Waals surface area (Å²) in [6, 6.07) is 7.91. The number of rotatable bonds is 8. The molecule has 1 rings (SSSR count). The van der Waals surface area contributed by atoms with Crippen molar-refractivity contribution in [1.82, 2.24) is 5.32 Å². The topological polar surface area (TPSA) is 90.9 Å². The van der Waals surface area contributed by atoms with Gasteiger partial charge in [0.25, 0.3) is 5.91 Å². The van der Waals surface area contributed by atoms with Crippen molar-refractivity contribution < 1.29 is 28.6 Å². The van der Waals surface area contributed by atoms with Gasteiger partial charge in [-0.2, -0.15) is 0 Å². The lowest BCUT2D eigenvalue weighted by molar-refractivity contribution is -0.150. The zero-order chi connectivity index (χ0) is 18.1. The SMILES string of the molecule is COC(=O)[C@H](C)C[C@H](NC(=O)[C@H](OC)c1ccccc1)C(=O)OC. The molecule has 0 spiro atoms. The molecule has 7 heteroatoms. The number of hydrogen-bond acceptors (Lipinski definition) is 6. The zero-order valence-corrected chi connectivity index (χ0v) is 14.3. The van der Waals surface area contributed by atoms with E-state index in [4.69, 9.17) is 9.47 Å². The van der Waals surface area contributed by atoms with Crippen molar-refractivity contribution in [2.45, 2.75) is 25.5 Å². The number of amides is 1. The summed E-state index contributed by atoms with van der Waals surface area (Å²) in [4.78, 5) is 35.9. The van der Waals surface area contributed by atoms with Crippen LogP contribution in [0.2, 0.25) is 0 Å². The number of carbonyl (C=O) groups is 3. The Morgan fingerprint density at radius 1 is 1.00 bits per heavy atom. The van der Waals surface area contributed by atoms with Gasteiger partial charge < -0.3 is 19.5 Å². The van der Waals surface area contributed by atoms with Gasteiger partial charge in [0.2, 0.25) is 0 Å². The summed E-state index contributed by atoms with van der Waals surface area (Å²) in [5.74, 6) is -2.17. The zero-order valence-electron chi connectivity index (χ0n) is 14.3. The molecule has 1 amide bonds. The third kappa shape index (κ3) is 5.34. The van der Waals surface area contributed by atoms with Crippen LogP contribution in [0.1, 0.15) is 25.0 Å². The second kappa shape index (κ2) is 9.67. The molecule has 0 aliphatic carbocycles. The molecule has 0 fully saturated rings. The van der Waals surface area contributed by atoms with E-state index in [1.165, 1.54) is 21.3 Å². The van der Waals surface area contributed by atoms with Crippen molar-refractivity contribution in [2.75, 3.05) is 21.3 Å². The maximum Gasteiger partial charge on any atom is 0.328 e. The van der Waals surface area contributed by atoms with Gasteiger partial charge in [0, 0.05) is 7.11 Å². The Morgan fingerprint density at radius 2 is 1.58 bits per heavy atom. The fourth-order valence-electron chi connectivity index (χ4n) is 2.28. The molecule has 0 radical (unpaired) electrons. The van der Waals surface area contributed by atoms with E-state index in [2.05, 4.69) is 10.1 Å². The second-order valence-corrected chi connectivity index (χ2v) is 5.27. The molecule has 0 aliphatic rings. The van der Waals surface area contributed by atoms with Gasteiger partial charge in [0.15, 0.2) is 6.10 Å². The van der Waals surface area contributed by atoms with E-state index in [0.717, 1.165) is 0 Å². The first kappa shape index (κ1) is 19.6. The van der Waals surface area contributed by atoms with Crippen molar-refractivity contribution in [2.24, 2.45) is 5.92 Å². The number of carbonyl (C=O) groups excluding carboxylic acids is 3. The summed E-state index contributed by atoms with van der Waals surface area (Å²) in [5, 5.41) is 2.58. The van der Waals surface area contributed by atoms with E-state index in [1.54, 1.807) is 31.2 Å². The maximum atomic E-state index is 12.5. The molecule has 0 aromatic heterocycles. The van der Waals surface area contributed by atoms with Gasteiger partial charge in [-0.15, -0.1) is 0 Å². The average molecular weight is 337 g/mol. The molecule has 3 atom stereocenters. The van der Waals surface area contributed by atoms with Gasteiger partial charge in [-0.25, -0.2) is 4.79 Å².